The summed E-state index contributed by atoms with van der Waals surface area (Å²) in [5, 5.41) is 15.2. The van der Waals surface area contributed by atoms with Crippen molar-refractivity contribution < 1.29 is 9.90 Å². The molecule has 4 heteroatoms. The molecule has 0 aromatic heterocycles. The van der Waals surface area contributed by atoms with Crippen molar-refractivity contribution in [3.8, 4) is 0 Å². The first kappa shape index (κ1) is 13.9. The van der Waals surface area contributed by atoms with Crippen LogP contribution < -0.4 is 10.6 Å². The number of rotatable bonds is 5. The number of hydrogen-bond acceptors (Lipinski definition) is 2. The molecule has 1 aromatic rings. The SMILES string of the molecule is Cc1ccccc1CNC(=O)NC(C)(CO)C1CC1. The molecule has 1 aliphatic rings. The van der Waals surface area contributed by atoms with Crippen LogP contribution in [-0.2, 0) is 6.54 Å². The maximum Gasteiger partial charge on any atom is 0.315 e. The zero-order valence-corrected chi connectivity index (χ0v) is 11.6. The summed E-state index contributed by atoms with van der Waals surface area (Å²) < 4.78 is 0. The normalized spacial score (nSPS) is 17.6. The fourth-order valence-corrected chi connectivity index (χ4v) is 2.28. The van der Waals surface area contributed by atoms with Crippen molar-refractivity contribution in [3.05, 3.63) is 35.4 Å². The fourth-order valence-electron chi connectivity index (χ4n) is 2.28. The Kier molecular flexibility index (Phi) is 4.10. The zero-order chi connectivity index (χ0) is 13.9. The molecule has 0 bridgehead atoms. The van der Waals surface area contributed by atoms with Crippen LogP contribution in [0.25, 0.3) is 0 Å². The van der Waals surface area contributed by atoms with E-state index in [-0.39, 0.29) is 12.6 Å². The lowest BCUT2D eigenvalue weighted by Crippen LogP contribution is -2.53. The van der Waals surface area contributed by atoms with Gasteiger partial charge in [-0.05, 0) is 43.7 Å². The summed E-state index contributed by atoms with van der Waals surface area (Å²) in [4.78, 5) is 11.9. The van der Waals surface area contributed by atoms with Crippen molar-refractivity contribution in [2.45, 2.75) is 38.8 Å². The lowest BCUT2D eigenvalue weighted by atomic mass is 9.97. The predicted molar refractivity (Wildman–Crippen MR) is 74.8 cm³/mol. The summed E-state index contributed by atoms with van der Waals surface area (Å²) in [5.74, 6) is 0.404. The molecule has 19 heavy (non-hydrogen) atoms. The monoisotopic (exact) mass is 262 g/mol. The van der Waals surface area contributed by atoms with E-state index in [1.165, 1.54) is 0 Å². The second kappa shape index (κ2) is 5.61. The minimum Gasteiger partial charge on any atom is -0.394 e. The van der Waals surface area contributed by atoms with Crippen molar-refractivity contribution in [1.29, 1.82) is 0 Å². The molecule has 3 N–H and O–H groups in total. The molecule has 104 valence electrons. The van der Waals surface area contributed by atoms with E-state index in [0.717, 1.165) is 24.0 Å². The number of hydrogen-bond donors (Lipinski definition) is 3. The van der Waals surface area contributed by atoms with Crippen molar-refractivity contribution in [3.63, 3.8) is 0 Å². The van der Waals surface area contributed by atoms with E-state index < -0.39 is 5.54 Å². The molecule has 4 nitrogen and oxygen atoms in total. The number of benzene rings is 1. The molecule has 1 aromatic carbocycles. The molecule has 0 heterocycles. The minimum atomic E-state index is -0.490. The summed E-state index contributed by atoms with van der Waals surface area (Å²) in [6.45, 7) is 4.41. The highest BCUT2D eigenvalue weighted by Crippen LogP contribution is 2.39. The molecule has 1 atom stereocenters. The maximum absolute atomic E-state index is 11.9. The van der Waals surface area contributed by atoms with Crippen LogP contribution in [0.15, 0.2) is 24.3 Å². The quantitative estimate of drug-likeness (QED) is 0.759. The minimum absolute atomic E-state index is 0.0184. The standard InChI is InChI=1S/C15H22N2O2/c1-11-5-3-4-6-12(11)9-16-14(19)17-15(2,10-18)13-7-8-13/h3-6,13,18H,7-10H2,1-2H3,(H2,16,17,19). The Morgan fingerprint density at radius 1 is 1.42 bits per heavy atom. The predicted octanol–water partition coefficient (Wildman–Crippen LogP) is 1.96. The van der Waals surface area contributed by atoms with E-state index in [0.29, 0.717) is 12.5 Å². The highest BCUT2D eigenvalue weighted by molar-refractivity contribution is 5.75. The van der Waals surface area contributed by atoms with Crippen LogP contribution in [-0.4, -0.2) is 23.3 Å². The van der Waals surface area contributed by atoms with Gasteiger partial charge >= 0.3 is 6.03 Å². The van der Waals surface area contributed by atoms with Crippen LogP contribution in [0.5, 0.6) is 0 Å². The molecule has 0 radical (unpaired) electrons. The number of amides is 2. The summed E-state index contributed by atoms with van der Waals surface area (Å²) in [6.07, 6.45) is 2.16. The van der Waals surface area contributed by atoms with Gasteiger partial charge in [-0.2, -0.15) is 0 Å². The van der Waals surface area contributed by atoms with Crippen molar-refractivity contribution >= 4 is 6.03 Å². The van der Waals surface area contributed by atoms with Crippen LogP contribution in [0.4, 0.5) is 4.79 Å². The highest BCUT2D eigenvalue weighted by Gasteiger charge is 2.42. The van der Waals surface area contributed by atoms with Crippen molar-refractivity contribution in [2.75, 3.05) is 6.61 Å². The van der Waals surface area contributed by atoms with E-state index in [1.54, 1.807) is 0 Å². The smallest absolute Gasteiger partial charge is 0.315 e. The van der Waals surface area contributed by atoms with Gasteiger partial charge in [0.05, 0.1) is 12.1 Å². The summed E-state index contributed by atoms with van der Waals surface area (Å²) in [5.41, 5.74) is 1.78. The molecular weight excluding hydrogens is 240 g/mol. The Bertz CT molecular complexity index is 457. The van der Waals surface area contributed by atoms with Crippen LogP contribution in [0.1, 0.15) is 30.9 Å². The van der Waals surface area contributed by atoms with Gasteiger partial charge in [0.2, 0.25) is 0 Å². The van der Waals surface area contributed by atoms with E-state index in [2.05, 4.69) is 10.6 Å². The Labute approximate surface area is 114 Å². The second-order valence-corrected chi connectivity index (χ2v) is 5.58. The Hall–Kier alpha value is -1.55. The first-order valence-electron chi connectivity index (χ1n) is 6.76. The molecule has 1 fully saturated rings. The van der Waals surface area contributed by atoms with Crippen LogP contribution in [0, 0.1) is 12.8 Å². The van der Waals surface area contributed by atoms with Crippen LogP contribution in [0.2, 0.25) is 0 Å². The molecule has 0 aliphatic heterocycles. The molecule has 2 rings (SSSR count). The van der Waals surface area contributed by atoms with Crippen LogP contribution in [0.3, 0.4) is 0 Å². The number of carbonyl (C=O) groups is 1. The van der Waals surface area contributed by atoms with Crippen molar-refractivity contribution in [2.24, 2.45) is 5.92 Å². The Morgan fingerprint density at radius 2 is 2.11 bits per heavy atom. The van der Waals surface area contributed by atoms with Gasteiger partial charge in [0.1, 0.15) is 0 Å². The van der Waals surface area contributed by atoms with Gasteiger partial charge in [-0.1, -0.05) is 24.3 Å². The number of nitrogens with one attached hydrogen (secondary N) is 2. The van der Waals surface area contributed by atoms with Gasteiger partial charge in [-0.25, -0.2) is 4.79 Å². The maximum atomic E-state index is 11.9. The number of aryl methyl sites for hydroxylation is 1. The Balaban J connectivity index is 1.86. The molecule has 0 saturated heterocycles. The first-order valence-corrected chi connectivity index (χ1v) is 6.76. The van der Waals surface area contributed by atoms with Crippen LogP contribution >= 0.6 is 0 Å². The molecule has 2 amide bonds. The molecule has 1 saturated carbocycles. The lowest BCUT2D eigenvalue weighted by molar-refractivity contribution is 0.155. The number of aliphatic hydroxyl groups is 1. The second-order valence-electron chi connectivity index (χ2n) is 5.58. The molecular formula is C15H22N2O2. The largest absolute Gasteiger partial charge is 0.394 e. The molecule has 1 aliphatic carbocycles. The third kappa shape index (κ3) is 3.47. The van der Waals surface area contributed by atoms with Crippen molar-refractivity contribution in [1.82, 2.24) is 10.6 Å². The van der Waals surface area contributed by atoms with Gasteiger partial charge in [-0.3, -0.25) is 0 Å². The average molecular weight is 262 g/mol. The van der Waals surface area contributed by atoms with Gasteiger partial charge in [-0.15, -0.1) is 0 Å². The van der Waals surface area contributed by atoms with E-state index in [4.69, 9.17) is 0 Å². The zero-order valence-electron chi connectivity index (χ0n) is 11.6. The number of urea groups is 1. The van der Waals surface area contributed by atoms with Gasteiger partial charge in [0.15, 0.2) is 0 Å². The Morgan fingerprint density at radius 3 is 2.68 bits per heavy atom. The van der Waals surface area contributed by atoms with Gasteiger partial charge < -0.3 is 15.7 Å². The molecule has 0 spiro atoms. The summed E-state index contributed by atoms with van der Waals surface area (Å²) in [7, 11) is 0. The average Bonchev–Trinajstić information content (AvgIpc) is 3.22. The molecule has 1 unspecified atom stereocenters. The van der Waals surface area contributed by atoms with Gasteiger partial charge in [0, 0.05) is 6.54 Å². The lowest BCUT2D eigenvalue weighted by Gasteiger charge is -2.28. The number of carbonyl (C=O) groups excluding carboxylic acids is 1. The van der Waals surface area contributed by atoms with E-state index in [9.17, 15) is 9.90 Å². The summed E-state index contributed by atoms with van der Waals surface area (Å²) >= 11 is 0. The third-order valence-corrected chi connectivity index (χ3v) is 3.91. The van der Waals surface area contributed by atoms with E-state index >= 15 is 0 Å². The topological polar surface area (TPSA) is 61.4 Å². The number of aliphatic hydroxyl groups excluding tert-OH is 1. The van der Waals surface area contributed by atoms with Gasteiger partial charge in [0.25, 0.3) is 0 Å². The third-order valence-electron chi connectivity index (χ3n) is 3.91. The summed E-state index contributed by atoms with van der Waals surface area (Å²) in [6, 6.07) is 7.75. The fraction of sp³-hybridized carbons (Fsp3) is 0.533. The van der Waals surface area contributed by atoms with E-state index in [1.807, 2.05) is 38.1 Å². The highest BCUT2D eigenvalue weighted by atomic mass is 16.3. The first-order chi connectivity index (χ1) is 9.05.